The van der Waals surface area contributed by atoms with Crippen molar-refractivity contribution >= 4 is 29.8 Å². The molecular weight excluding hydrogens is 418 g/mol. The summed E-state index contributed by atoms with van der Waals surface area (Å²) < 4.78 is 15.7. The van der Waals surface area contributed by atoms with Crippen LogP contribution in [0.4, 0.5) is 4.79 Å². The standard InChI is InChI=1S/C23H35NO6S/c1-6-28-19(25)23(20(26)29-7-2,15-17-31-18-12-9-8-10-13-18)14-11-16-24-21(27)30-22(3,4)5/h8-10,12-13H,6-7,11,14-17H2,1-5H3,(H,24,27). The largest absolute Gasteiger partial charge is 0.465 e. The lowest BCUT2D eigenvalue weighted by Crippen LogP contribution is -2.43. The van der Waals surface area contributed by atoms with E-state index in [9.17, 15) is 14.4 Å². The zero-order chi connectivity index (χ0) is 23.3. The second kappa shape index (κ2) is 13.2. The van der Waals surface area contributed by atoms with Crippen LogP contribution in [-0.4, -0.2) is 49.1 Å². The molecule has 1 N–H and O–H groups in total. The third kappa shape index (κ3) is 9.63. The minimum absolute atomic E-state index is 0.169. The van der Waals surface area contributed by atoms with Crippen molar-refractivity contribution in [3.8, 4) is 0 Å². The van der Waals surface area contributed by atoms with Crippen LogP contribution < -0.4 is 5.32 Å². The molecule has 0 fully saturated rings. The number of hydrogen-bond acceptors (Lipinski definition) is 7. The van der Waals surface area contributed by atoms with Crippen LogP contribution in [0.25, 0.3) is 0 Å². The van der Waals surface area contributed by atoms with Gasteiger partial charge in [-0.3, -0.25) is 9.59 Å². The van der Waals surface area contributed by atoms with Gasteiger partial charge in [-0.1, -0.05) is 18.2 Å². The van der Waals surface area contributed by atoms with Crippen LogP contribution in [-0.2, 0) is 23.8 Å². The molecule has 0 bridgehead atoms. The van der Waals surface area contributed by atoms with E-state index in [1.807, 2.05) is 30.3 Å². The first-order chi connectivity index (χ1) is 14.6. The van der Waals surface area contributed by atoms with Gasteiger partial charge in [-0.05, 0) is 71.8 Å². The molecule has 0 aliphatic rings. The van der Waals surface area contributed by atoms with E-state index in [2.05, 4.69) is 5.32 Å². The average molecular weight is 454 g/mol. The lowest BCUT2D eigenvalue weighted by atomic mass is 9.80. The highest BCUT2D eigenvalue weighted by Crippen LogP contribution is 2.35. The maximum atomic E-state index is 12.9. The van der Waals surface area contributed by atoms with Crippen molar-refractivity contribution in [2.24, 2.45) is 5.41 Å². The van der Waals surface area contributed by atoms with Crippen LogP contribution >= 0.6 is 11.8 Å². The molecule has 1 aromatic rings. The first-order valence-electron chi connectivity index (χ1n) is 10.6. The number of carbonyl (C=O) groups is 3. The highest BCUT2D eigenvalue weighted by atomic mass is 32.2. The Kier molecular flexibility index (Phi) is 11.5. The quantitative estimate of drug-likeness (QED) is 0.163. The number of thioether (sulfide) groups is 1. The van der Waals surface area contributed by atoms with E-state index in [4.69, 9.17) is 14.2 Å². The molecule has 7 nitrogen and oxygen atoms in total. The van der Waals surface area contributed by atoms with Gasteiger partial charge in [0.05, 0.1) is 13.2 Å². The number of carbonyl (C=O) groups excluding carboxylic acids is 3. The Hall–Kier alpha value is -2.22. The fraction of sp³-hybridized carbons (Fsp3) is 0.609. The number of esters is 2. The Morgan fingerprint density at radius 1 is 0.935 bits per heavy atom. The maximum Gasteiger partial charge on any atom is 0.407 e. The Morgan fingerprint density at radius 2 is 1.52 bits per heavy atom. The number of hydrogen-bond donors (Lipinski definition) is 1. The summed E-state index contributed by atoms with van der Waals surface area (Å²) in [6.45, 7) is 9.36. The first kappa shape index (κ1) is 26.8. The molecule has 0 aromatic heterocycles. The van der Waals surface area contributed by atoms with Gasteiger partial charge in [-0.25, -0.2) is 4.79 Å². The molecule has 8 heteroatoms. The summed E-state index contributed by atoms with van der Waals surface area (Å²) in [7, 11) is 0. The molecule has 1 rings (SSSR count). The SMILES string of the molecule is CCOC(=O)C(CCCNC(=O)OC(C)(C)C)(CCSc1ccccc1)C(=O)OCC. The Bertz CT molecular complexity index is 684. The van der Waals surface area contributed by atoms with Gasteiger partial charge in [0.15, 0.2) is 5.41 Å². The number of amides is 1. The van der Waals surface area contributed by atoms with Gasteiger partial charge in [0.1, 0.15) is 5.60 Å². The third-order valence-corrected chi connectivity index (χ3v) is 5.34. The number of benzene rings is 1. The second-order valence-corrected chi connectivity index (χ2v) is 9.14. The summed E-state index contributed by atoms with van der Waals surface area (Å²) in [6.07, 6.45) is 0.337. The summed E-state index contributed by atoms with van der Waals surface area (Å²) >= 11 is 1.56. The van der Waals surface area contributed by atoms with Crippen molar-refractivity contribution in [2.75, 3.05) is 25.5 Å². The highest BCUT2D eigenvalue weighted by Gasteiger charge is 2.48. The molecule has 0 heterocycles. The van der Waals surface area contributed by atoms with Gasteiger partial charge in [0.25, 0.3) is 0 Å². The molecule has 0 saturated carbocycles. The van der Waals surface area contributed by atoms with Crippen LogP contribution in [0.5, 0.6) is 0 Å². The van der Waals surface area contributed by atoms with E-state index in [1.165, 1.54) is 0 Å². The van der Waals surface area contributed by atoms with E-state index in [-0.39, 0.29) is 32.6 Å². The fourth-order valence-electron chi connectivity index (χ4n) is 2.91. The fourth-order valence-corrected chi connectivity index (χ4v) is 3.95. The molecule has 0 saturated heterocycles. The molecule has 31 heavy (non-hydrogen) atoms. The maximum absolute atomic E-state index is 12.9. The first-order valence-corrected chi connectivity index (χ1v) is 11.6. The molecule has 0 aliphatic carbocycles. The smallest absolute Gasteiger partial charge is 0.407 e. The average Bonchev–Trinajstić information content (AvgIpc) is 2.69. The number of alkyl carbamates (subject to hydrolysis) is 1. The van der Waals surface area contributed by atoms with Crippen molar-refractivity contribution in [2.45, 2.75) is 64.4 Å². The summed E-state index contributed by atoms with van der Waals surface area (Å²) in [5, 5.41) is 2.66. The molecular formula is C23H35NO6S. The van der Waals surface area contributed by atoms with Crippen molar-refractivity contribution in [3.63, 3.8) is 0 Å². The Balaban J connectivity index is 2.86. The van der Waals surface area contributed by atoms with Crippen molar-refractivity contribution in [3.05, 3.63) is 30.3 Å². The predicted molar refractivity (Wildman–Crippen MR) is 121 cm³/mol. The molecule has 0 spiro atoms. The zero-order valence-corrected chi connectivity index (χ0v) is 20.0. The van der Waals surface area contributed by atoms with E-state index in [0.717, 1.165) is 4.90 Å². The number of rotatable bonds is 12. The van der Waals surface area contributed by atoms with E-state index >= 15 is 0 Å². The summed E-state index contributed by atoms with van der Waals surface area (Å²) in [6, 6.07) is 9.77. The lowest BCUT2D eigenvalue weighted by Gasteiger charge is -2.29. The van der Waals surface area contributed by atoms with E-state index < -0.39 is 29.0 Å². The molecule has 1 aromatic carbocycles. The topological polar surface area (TPSA) is 90.9 Å². The monoisotopic (exact) mass is 453 g/mol. The third-order valence-electron chi connectivity index (χ3n) is 4.32. The van der Waals surface area contributed by atoms with Gasteiger partial charge in [0, 0.05) is 11.4 Å². The van der Waals surface area contributed by atoms with Crippen LogP contribution in [0.1, 0.15) is 53.9 Å². The van der Waals surface area contributed by atoms with Gasteiger partial charge >= 0.3 is 18.0 Å². The van der Waals surface area contributed by atoms with Crippen LogP contribution in [0.2, 0.25) is 0 Å². The normalized spacial score (nSPS) is 11.5. The lowest BCUT2D eigenvalue weighted by molar-refractivity contribution is -0.173. The molecule has 0 atom stereocenters. The molecule has 174 valence electrons. The Labute approximate surface area is 189 Å². The van der Waals surface area contributed by atoms with Crippen molar-refractivity contribution in [1.82, 2.24) is 5.32 Å². The summed E-state index contributed by atoms with van der Waals surface area (Å²) in [4.78, 5) is 38.7. The van der Waals surface area contributed by atoms with Crippen LogP contribution in [0.3, 0.4) is 0 Å². The van der Waals surface area contributed by atoms with Crippen LogP contribution in [0, 0.1) is 5.41 Å². The van der Waals surface area contributed by atoms with E-state index in [0.29, 0.717) is 12.2 Å². The zero-order valence-electron chi connectivity index (χ0n) is 19.2. The minimum atomic E-state index is -1.41. The number of ether oxygens (including phenoxy) is 3. The van der Waals surface area contributed by atoms with Gasteiger partial charge in [-0.15, -0.1) is 11.8 Å². The number of nitrogens with one attached hydrogen (secondary N) is 1. The Morgan fingerprint density at radius 3 is 2.03 bits per heavy atom. The van der Waals surface area contributed by atoms with Crippen LogP contribution in [0.15, 0.2) is 35.2 Å². The summed E-state index contributed by atoms with van der Waals surface area (Å²) in [5.74, 6) is -0.625. The molecule has 0 radical (unpaired) electrons. The molecule has 1 amide bonds. The van der Waals surface area contributed by atoms with Crippen molar-refractivity contribution in [1.29, 1.82) is 0 Å². The highest BCUT2D eigenvalue weighted by molar-refractivity contribution is 7.99. The van der Waals surface area contributed by atoms with Crippen molar-refractivity contribution < 1.29 is 28.6 Å². The van der Waals surface area contributed by atoms with Gasteiger partial charge in [-0.2, -0.15) is 0 Å². The molecule has 0 unspecified atom stereocenters. The van der Waals surface area contributed by atoms with E-state index in [1.54, 1.807) is 46.4 Å². The van der Waals surface area contributed by atoms with Gasteiger partial charge in [0.2, 0.25) is 0 Å². The summed E-state index contributed by atoms with van der Waals surface area (Å²) in [5.41, 5.74) is -2.01. The molecule has 0 aliphatic heterocycles. The minimum Gasteiger partial charge on any atom is -0.465 e. The van der Waals surface area contributed by atoms with Gasteiger partial charge < -0.3 is 19.5 Å². The second-order valence-electron chi connectivity index (χ2n) is 7.97. The predicted octanol–water partition coefficient (Wildman–Crippen LogP) is 4.59.